The summed E-state index contributed by atoms with van der Waals surface area (Å²) in [5, 5.41) is 4.28. The molecular formula is C13H19N5O. The molecule has 0 fully saturated rings. The van der Waals surface area contributed by atoms with E-state index >= 15 is 0 Å². The third-order valence-corrected chi connectivity index (χ3v) is 2.91. The second-order valence-electron chi connectivity index (χ2n) is 4.11. The van der Waals surface area contributed by atoms with Crippen LogP contribution in [0.5, 0.6) is 5.88 Å². The number of nitrogens with zero attached hydrogens (tertiary/aromatic N) is 5. The quantitative estimate of drug-likeness (QED) is 0.792. The molecule has 2 rings (SSSR count). The summed E-state index contributed by atoms with van der Waals surface area (Å²) in [5.74, 6) is 1.31. The largest absolute Gasteiger partial charge is 0.478 e. The Morgan fingerprint density at radius 2 is 2.05 bits per heavy atom. The molecule has 0 bridgehead atoms. The van der Waals surface area contributed by atoms with Gasteiger partial charge in [0.25, 0.3) is 5.88 Å². The number of aromatic nitrogens is 4. The lowest BCUT2D eigenvalue weighted by Crippen LogP contribution is -2.23. The van der Waals surface area contributed by atoms with Crippen LogP contribution in [0.2, 0.25) is 0 Å². The topological polar surface area (TPSA) is 56.1 Å². The van der Waals surface area contributed by atoms with Crippen molar-refractivity contribution in [3.8, 4) is 5.88 Å². The van der Waals surface area contributed by atoms with Gasteiger partial charge >= 0.3 is 0 Å². The summed E-state index contributed by atoms with van der Waals surface area (Å²) < 4.78 is 7.17. The van der Waals surface area contributed by atoms with Crippen molar-refractivity contribution in [3.05, 3.63) is 30.4 Å². The van der Waals surface area contributed by atoms with E-state index in [0.717, 1.165) is 31.0 Å². The van der Waals surface area contributed by atoms with Gasteiger partial charge in [0.05, 0.1) is 13.3 Å². The maximum atomic E-state index is 5.26. The lowest BCUT2D eigenvalue weighted by molar-refractivity contribution is 0.395. The van der Waals surface area contributed by atoms with Crippen molar-refractivity contribution in [1.29, 1.82) is 0 Å². The fourth-order valence-corrected chi connectivity index (χ4v) is 1.90. The van der Waals surface area contributed by atoms with Gasteiger partial charge in [-0.1, -0.05) is 0 Å². The number of anilines is 1. The highest BCUT2D eigenvalue weighted by Crippen LogP contribution is 2.23. The zero-order valence-corrected chi connectivity index (χ0v) is 11.6. The van der Waals surface area contributed by atoms with Crippen LogP contribution in [0.15, 0.2) is 24.8 Å². The van der Waals surface area contributed by atoms with Gasteiger partial charge in [0.2, 0.25) is 0 Å². The number of ether oxygens (including phenoxy) is 1. The average molecular weight is 261 g/mol. The van der Waals surface area contributed by atoms with Crippen LogP contribution < -0.4 is 9.64 Å². The summed E-state index contributed by atoms with van der Waals surface area (Å²) in [6.07, 6.45) is 7.24. The van der Waals surface area contributed by atoms with Crippen molar-refractivity contribution in [3.63, 3.8) is 0 Å². The number of rotatable bonds is 6. The third-order valence-electron chi connectivity index (χ3n) is 2.91. The second-order valence-corrected chi connectivity index (χ2v) is 4.11. The molecule has 0 saturated carbocycles. The highest BCUT2D eigenvalue weighted by molar-refractivity contribution is 5.47. The Morgan fingerprint density at radius 1 is 1.26 bits per heavy atom. The molecule has 2 aromatic heterocycles. The SMILES string of the molecule is CCN(Cc1cnn(CC)c1)c1nccnc1OC. The zero-order valence-electron chi connectivity index (χ0n) is 11.6. The lowest BCUT2D eigenvalue weighted by atomic mass is 10.3. The fraction of sp³-hybridized carbons (Fsp3) is 0.462. The first-order chi connectivity index (χ1) is 9.28. The zero-order chi connectivity index (χ0) is 13.7. The number of hydrogen-bond acceptors (Lipinski definition) is 5. The van der Waals surface area contributed by atoms with Crippen LogP contribution in [0.3, 0.4) is 0 Å². The van der Waals surface area contributed by atoms with Gasteiger partial charge in [-0.05, 0) is 13.8 Å². The first kappa shape index (κ1) is 13.3. The summed E-state index contributed by atoms with van der Waals surface area (Å²) in [6, 6.07) is 0. The molecule has 0 atom stereocenters. The van der Waals surface area contributed by atoms with Crippen molar-refractivity contribution < 1.29 is 4.74 Å². The lowest BCUT2D eigenvalue weighted by Gasteiger charge is -2.22. The summed E-state index contributed by atoms with van der Waals surface area (Å²) in [4.78, 5) is 10.7. The van der Waals surface area contributed by atoms with Crippen LogP contribution >= 0.6 is 0 Å². The minimum atomic E-state index is 0.548. The smallest absolute Gasteiger partial charge is 0.257 e. The second kappa shape index (κ2) is 6.17. The molecule has 2 aromatic rings. The van der Waals surface area contributed by atoms with E-state index < -0.39 is 0 Å². The van der Waals surface area contributed by atoms with Crippen LogP contribution in [0.4, 0.5) is 5.82 Å². The average Bonchev–Trinajstić information content (AvgIpc) is 2.92. The third kappa shape index (κ3) is 3.01. The molecule has 0 aliphatic heterocycles. The van der Waals surface area contributed by atoms with Gasteiger partial charge in [0.1, 0.15) is 0 Å². The standard InChI is InChI=1S/C13H19N5O/c1-4-17(9-11-8-16-18(5-2)10-11)12-13(19-3)15-7-6-14-12/h6-8,10H,4-5,9H2,1-3H3. The van der Waals surface area contributed by atoms with Crippen LogP contribution in [0.1, 0.15) is 19.4 Å². The van der Waals surface area contributed by atoms with Crippen molar-refractivity contribution in [1.82, 2.24) is 19.7 Å². The van der Waals surface area contributed by atoms with Crippen molar-refractivity contribution in [2.45, 2.75) is 26.9 Å². The van der Waals surface area contributed by atoms with Crippen molar-refractivity contribution in [2.75, 3.05) is 18.6 Å². The Labute approximate surface area is 113 Å². The molecule has 2 heterocycles. The molecule has 0 unspecified atom stereocenters. The Balaban J connectivity index is 2.19. The normalized spacial score (nSPS) is 10.5. The molecule has 19 heavy (non-hydrogen) atoms. The Kier molecular flexibility index (Phi) is 4.33. The maximum absolute atomic E-state index is 5.26. The first-order valence-corrected chi connectivity index (χ1v) is 6.39. The molecule has 102 valence electrons. The summed E-state index contributed by atoms with van der Waals surface area (Å²) in [5.41, 5.74) is 1.15. The molecule has 0 aliphatic carbocycles. The number of hydrogen-bond donors (Lipinski definition) is 0. The van der Waals surface area contributed by atoms with Gasteiger partial charge in [-0.25, -0.2) is 9.97 Å². The van der Waals surface area contributed by atoms with Gasteiger partial charge in [-0.2, -0.15) is 5.10 Å². The Hall–Kier alpha value is -2.11. The van der Waals surface area contributed by atoms with Gasteiger partial charge in [0.15, 0.2) is 5.82 Å². The van der Waals surface area contributed by atoms with E-state index in [4.69, 9.17) is 4.74 Å². The van der Waals surface area contributed by atoms with E-state index in [2.05, 4.69) is 33.8 Å². The van der Waals surface area contributed by atoms with E-state index in [0.29, 0.717) is 5.88 Å². The molecule has 0 saturated heterocycles. The molecule has 0 spiro atoms. The predicted octanol–water partition coefficient (Wildman–Crippen LogP) is 1.73. The van der Waals surface area contributed by atoms with Crippen LogP contribution in [-0.4, -0.2) is 33.4 Å². The van der Waals surface area contributed by atoms with Crippen LogP contribution in [0.25, 0.3) is 0 Å². The van der Waals surface area contributed by atoms with E-state index in [1.54, 1.807) is 19.5 Å². The van der Waals surface area contributed by atoms with Gasteiger partial charge in [0, 0.05) is 43.8 Å². The summed E-state index contributed by atoms with van der Waals surface area (Å²) >= 11 is 0. The highest BCUT2D eigenvalue weighted by atomic mass is 16.5. The molecule has 6 nitrogen and oxygen atoms in total. The Morgan fingerprint density at radius 3 is 2.68 bits per heavy atom. The molecule has 0 amide bonds. The van der Waals surface area contributed by atoms with Crippen molar-refractivity contribution in [2.24, 2.45) is 0 Å². The van der Waals surface area contributed by atoms with Crippen LogP contribution in [-0.2, 0) is 13.1 Å². The summed E-state index contributed by atoms with van der Waals surface area (Å²) in [7, 11) is 1.61. The minimum absolute atomic E-state index is 0.548. The Bertz CT molecular complexity index is 525. The number of aryl methyl sites for hydroxylation is 1. The maximum Gasteiger partial charge on any atom is 0.257 e. The van der Waals surface area contributed by atoms with E-state index in [1.807, 2.05) is 17.1 Å². The fourth-order valence-electron chi connectivity index (χ4n) is 1.90. The molecule has 0 aliphatic rings. The first-order valence-electron chi connectivity index (χ1n) is 6.39. The van der Waals surface area contributed by atoms with Crippen LogP contribution in [0, 0.1) is 0 Å². The van der Waals surface area contributed by atoms with E-state index in [-0.39, 0.29) is 0 Å². The molecule has 6 heteroatoms. The molecule has 0 aromatic carbocycles. The van der Waals surface area contributed by atoms with Gasteiger partial charge < -0.3 is 9.64 Å². The monoisotopic (exact) mass is 261 g/mol. The van der Waals surface area contributed by atoms with Gasteiger partial charge in [-0.15, -0.1) is 0 Å². The molecule has 0 radical (unpaired) electrons. The van der Waals surface area contributed by atoms with E-state index in [1.165, 1.54) is 0 Å². The van der Waals surface area contributed by atoms with Gasteiger partial charge in [-0.3, -0.25) is 4.68 Å². The highest BCUT2D eigenvalue weighted by Gasteiger charge is 2.14. The minimum Gasteiger partial charge on any atom is -0.478 e. The predicted molar refractivity (Wildman–Crippen MR) is 73.2 cm³/mol. The number of methoxy groups -OCH3 is 1. The van der Waals surface area contributed by atoms with E-state index in [9.17, 15) is 0 Å². The van der Waals surface area contributed by atoms with Crippen molar-refractivity contribution >= 4 is 5.82 Å². The summed E-state index contributed by atoms with van der Waals surface area (Å²) in [6.45, 7) is 6.59. The molecular weight excluding hydrogens is 242 g/mol. The molecule has 0 N–H and O–H groups in total.